The summed E-state index contributed by atoms with van der Waals surface area (Å²) in [6.07, 6.45) is 1.49. The Labute approximate surface area is 156 Å². The van der Waals surface area contributed by atoms with E-state index < -0.39 is 0 Å². The molecular formula is C21H19FN2O3. The van der Waals surface area contributed by atoms with Gasteiger partial charge in [0, 0.05) is 18.0 Å². The lowest BCUT2D eigenvalue weighted by atomic mass is 9.98. The highest BCUT2D eigenvalue weighted by Gasteiger charge is 2.43. The van der Waals surface area contributed by atoms with Crippen LogP contribution < -0.4 is 10.6 Å². The van der Waals surface area contributed by atoms with E-state index in [0.29, 0.717) is 12.1 Å². The lowest BCUT2D eigenvalue weighted by Crippen LogP contribution is -2.22. The van der Waals surface area contributed by atoms with E-state index in [4.69, 9.17) is 0 Å². The van der Waals surface area contributed by atoms with Crippen LogP contribution in [0.1, 0.15) is 29.9 Å². The summed E-state index contributed by atoms with van der Waals surface area (Å²) in [5, 5.41) is 5.21. The average molecular weight is 366 g/mol. The van der Waals surface area contributed by atoms with Crippen molar-refractivity contribution < 1.29 is 18.8 Å². The summed E-state index contributed by atoms with van der Waals surface area (Å²) in [6, 6.07) is 13.6. The Morgan fingerprint density at radius 1 is 1.07 bits per heavy atom. The highest BCUT2D eigenvalue weighted by atomic mass is 19.1. The van der Waals surface area contributed by atoms with Crippen molar-refractivity contribution in [1.82, 2.24) is 5.32 Å². The zero-order valence-electron chi connectivity index (χ0n) is 14.6. The second-order valence-electron chi connectivity index (χ2n) is 7.20. The zero-order chi connectivity index (χ0) is 19.0. The Bertz CT molecular complexity index is 893. The van der Waals surface area contributed by atoms with Crippen molar-refractivity contribution in [2.24, 2.45) is 11.8 Å². The van der Waals surface area contributed by atoms with Crippen LogP contribution in [0.25, 0.3) is 0 Å². The molecule has 0 aromatic heterocycles. The molecule has 1 heterocycles. The maximum Gasteiger partial charge on any atom is 0.230 e. The summed E-state index contributed by atoms with van der Waals surface area (Å²) in [5.41, 5.74) is 2.62. The predicted octanol–water partition coefficient (Wildman–Crippen LogP) is 2.77. The van der Waals surface area contributed by atoms with Crippen LogP contribution in [0.2, 0.25) is 0 Å². The topological polar surface area (TPSA) is 75.3 Å². The van der Waals surface area contributed by atoms with Crippen molar-refractivity contribution in [3.63, 3.8) is 0 Å². The first-order valence-corrected chi connectivity index (χ1v) is 8.98. The number of carbonyl (C=O) groups is 3. The molecule has 2 N–H and O–H groups in total. The summed E-state index contributed by atoms with van der Waals surface area (Å²) in [6.45, 7) is 0. The molecule has 0 spiro atoms. The number of rotatable bonds is 5. The minimum absolute atomic E-state index is 0.0437. The number of anilines is 1. The third-order valence-electron chi connectivity index (χ3n) is 5.19. The van der Waals surface area contributed by atoms with Crippen LogP contribution in [0, 0.1) is 17.7 Å². The molecule has 138 valence electrons. The second-order valence-corrected chi connectivity index (χ2v) is 7.20. The molecule has 2 aromatic rings. The molecule has 1 aliphatic heterocycles. The molecule has 1 saturated heterocycles. The fourth-order valence-corrected chi connectivity index (χ4v) is 3.58. The third kappa shape index (κ3) is 3.89. The van der Waals surface area contributed by atoms with Gasteiger partial charge in [0.15, 0.2) is 0 Å². The van der Waals surface area contributed by atoms with Gasteiger partial charge in [0.2, 0.25) is 17.7 Å². The van der Waals surface area contributed by atoms with E-state index in [2.05, 4.69) is 10.6 Å². The van der Waals surface area contributed by atoms with Crippen LogP contribution >= 0.6 is 0 Å². The minimum Gasteiger partial charge on any atom is -0.326 e. The highest BCUT2D eigenvalue weighted by molar-refractivity contribution is 6.03. The number of benzene rings is 2. The second kappa shape index (κ2) is 6.95. The monoisotopic (exact) mass is 366 g/mol. The van der Waals surface area contributed by atoms with E-state index in [0.717, 1.165) is 17.5 Å². The van der Waals surface area contributed by atoms with Crippen LogP contribution in [0.15, 0.2) is 48.5 Å². The van der Waals surface area contributed by atoms with Gasteiger partial charge in [-0.25, -0.2) is 4.39 Å². The molecule has 1 saturated carbocycles. The lowest BCUT2D eigenvalue weighted by Gasteiger charge is -2.09. The van der Waals surface area contributed by atoms with Gasteiger partial charge < -0.3 is 5.32 Å². The fraction of sp³-hybridized carbons (Fsp3) is 0.286. The molecule has 2 aromatic carbocycles. The van der Waals surface area contributed by atoms with E-state index in [1.807, 2.05) is 12.1 Å². The molecule has 2 aliphatic rings. The molecule has 5 nitrogen and oxygen atoms in total. The molecule has 27 heavy (non-hydrogen) atoms. The maximum atomic E-state index is 13.0. The van der Waals surface area contributed by atoms with Crippen molar-refractivity contribution in [3.05, 3.63) is 65.5 Å². The van der Waals surface area contributed by atoms with E-state index in [9.17, 15) is 18.8 Å². The smallest absolute Gasteiger partial charge is 0.230 e. The fourth-order valence-electron chi connectivity index (χ4n) is 3.58. The molecule has 3 atom stereocenters. The number of hydrogen-bond acceptors (Lipinski definition) is 3. The van der Waals surface area contributed by atoms with Crippen molar-refractivity contribution >= 4 is 23.4 Å². The third-order valence-corrected chi connectivity index (χ3v) is 5.19. The summed E-state index contributed by atoms with van der Waals surface area (Å²) in [7, 11) is 0. The van der Waals surface area contributed by atoms with Crippen LogP contribution in [-0.2, 0) is 20.8 Å². The van der Waals surface area contributed by atoms with Crippen LogP contribution in [-0.4, -0.2) is 17.7 Å². The van der Waals surface area contributed by atoms with Crippen molar-refractivity contribution in [2.45, 2.75) is 25.2 Å². The van der Waals surface area contributed by atoms with E-state index >= 15 is 0 Å². The van der Waals surface area contributed by atoms with Crippen LogP contribution in [0.4, 0.5) is 10.1 Å². The molecule has 6 heteroatoms. The lowest BCUT2D eigenvalue weighted by molar-refractivity contribution is -0.125. The Morgan fingerprint density at radius 3 is 2.41 bits per heavy atom. The molecular weight excluding hydrogens is 347 g/mol. The van der Waals surface area contributed by atoms with Gasteiger partial charge in [-0.15, -0.1) is 0 Å². The SMILES string of the molecule is O=C1C[C@H](Cc2ccc(NC(=O)[C@@H]3C[C@H]3c3ccc(F)cc3)cc2)C(=O)N1. The first-order valence-electron chi connectivity index (χ1n) is 8.98. The summed E-state index contributed by atoms with van der Waals surface area (Å²) < 4.78 is 13.0. The first-order chi connectivity index (χ1) is 13.0. The number of imide groups is 1. The summed E-state index contributed by atoms with van der Waals surface area (Å²) >= 11 is 0. The van der Waals surface area contributed by atoms with Gasteiger partial charge in [0.25, 0.3) is 0 Å². The Hall–Kier alpha value is -3.02. The molecule has 2 fully saturated rings. The van der Waals surface area contributed by atoms with Gasteiger partial charge >= 0.3 is 0 Å². The van der Waals surface area contributed by atoms with Crippen molar-refractivity contribution in [1.29, 1.82) is 0 Å². The Balaban J connectivity index is 1.32. The molecule has 0 unspecified atom stereocenters. The van der Waals surface area contributed by atoms with E-state index in [1.54, 1.807) is 24.3 Å². The largest absolute Gasteiger partial charge is 0.326 e. The van der Waals surface area contributed by atoms with Crippen LogP contribution in [0.3, 0.4) is 0 Å². The zero-order valence-corrected chi connectivity index (χ0v) is 14.6. The van der Waals surface area contributed by atoms with Gasteiger partial charge in [0.1, 0.15) is 5.82 Å². The van der Waals surface area contributed by atoms with E-state index in [1.165, 1.54) is 12.1 Å². The number of halogens is 1. The molecule has 0 radical (unpaired) electrons. The highest BCUT2D eigenvalue weighted by Crippen LogP contribution is 2.48. The Morgan fingerprint density at radius 2 is 1.78 bits per heavy atom. The van der Waals surface area contributed by atoms with Gasteiger partial charge in [-0.2, -0.15) is 0 Å². The van der Waals surface area contributed by atoms with E-state index in [-0.39, 0.29) is 47.7 Å². The molecule has 0 bridgehead atoms. The maximum absolute atomic E-state index is 13.0. The average Bonchev–Trinajstić information content (AvgIpc) is 3.38. The van der Waals surface area contributed by atoms with Gasteiger partial charge in [-0.3, -0.25) is 19.7 Å². The first kappa shape index (κ1) is 17.4. The van der Waals surface area contributed by atoms with Crippen molar-refractivity contribution in [2.75, 3.05) is 5.32 Å². The van der Waals surface area contributed by atoms with Gasteiger partial charge in [-0.05, 0) is 54.2 Å². The van der Waals surface area contributed by atoms with Crippen LogP contribution in [0.5, 0.6) is 0 Å². The number of nitrogens with one attached hydrogen (secondary N) is 2. The normalized spacial score (nSPS) is 23.8. The summed E-state index contributed by atoms with van der Waals surface area (Å²) in [5.74, 6) is -1.04. The van der Waals surface area contributed by atoms with Gasteiger partial charge in [-0.1, -0.05) is 24.3 Å². The number of carbonyl (C=O) groups excluding carboxylic acids is 3. The predicted molar refractivity (Wildman–Crippen MR) is 97.3 cm³/mol. The quantitative estimate of drug-likeness (QED) is 0.799. The van der Waals surface area contributed by atoms with Crippen molar-refractivity contribution in [3.8, 4) is 0 Å². The minimum atomic E-state index is -0.319. The number of amides is 3. The van der Waals surface area contributed by atoms with Gasteiger partial charge in [0.05, 0.1) is 5.92 Å². The Kier molecular flexibility index (Phi) is 4.48. The summed E-state index contributed by atoms with van der Waals surface area (Å²) in [4.78, 5) is 35.3. The standard InChI is InChI=1S/C21H19FN2O3/c22-15-5-3-13(4-6-15)17-11-18(17)21(27)23-16-7-1-12(2-8-16)9-14-10-19(25)24-20(14)26/h1-8,14,17-18H,9-11H2,(H,23,27)(H,24,25,26)/t14-,17-,18+/m0/s1. The molecule has 3 amide bonds. The molecule has 4 rings (SSSR count). The number of hydrogen-bond donors (Lipinski definition) is 2. The molecule has 1 aliphatic carbocycles.